The van der Waals surface area contributed by atoms with Gasteiger partial charge in [0, 0.05) is 10.7 Å². The number of aliphatic carboxylic acids is 1. The third-order valence-corrected chi connectivity index (χ3v) is 4.93. The average Bonchev–Trinajstić information content (AvgIpc) is 2.99. The molecule has 30 heavy (non-hydrogen) atoms. The summed E-state index contributed by atoms with van der Waals surface area (Å²) in [6, 6.07) is 10.5. The fourth-order valence-corrected chi connectivity index (χ4v) is 3.21. The molecule has 2 N–H and O–H groups in total. The van der Waals surface area contributed by atoms with Gasteiger partial charge in [-0.25, -0.2) is 0 Å². The Morgan fingerprint density at radius 2 is 1.77 bits per heavy atom. The van der Waals surface area contributed by atoms with E-state index in [9.17, 15) is 27.9 Å². The van der Waals surface area contributed by atoms with Crippen molar-refractivity contribution in [3.63, 3.8) is 0 Å². The third kappa shape index (κ3) is 4.56. The second-order valence-corrected chi connectivity index (χ2v) is 7.48. The van der Waals surface area contributed by atoms with Gasteiger partial charge in [-0.3, -0.25) is 14.6 Å². The first kappa shape index (κ1) is 21.6. The van der Waals surface area contributed by atoms with Crippen molar-refractivity contribution in [2.45, 2.75) is 13.1 Å². The maximum absolute atomic E-state index is 12.6. The summed E-state index contributed by atoms with van der Waals surface area (Å²) in [5.41, 5.74) is -1.13. The Balaban J connectivity index is 1.73. The normalized spacial score (nSPS) is 18.8. The maximum atomic E-state index is 12.6. The molecule has 1 atom stereocenters. The lowest BCUT2D eigenvalue weighted by Gasteiger charge is -2.21. The third-order valence-electron chi connectivity index (χ3n) is 4.67. The van der Waals surface area contributed by atoms with Gasteiger partial charge in [0.25, 0.3) is 0 Å². The number of benzene rings is 2. The van der Waals surface area contributed by atoms with Gasteiger partial charge in [0.15, 0.2) is 0 Å². The van der Waals surface area contributed by atoms with Crippen LogP contribution in [0.25, 0.3) is 0 Å². The Morgan fingerprint density at radius 1 is 1.17 bits per heavy atom. The summed E-state index contributed by atoms with van der Waals surface area (Å²) >= 11 is 5.88. The number of hydrogen-bond acceptors (Lipinski definition) is 4. The molecule has 10 heteroatoms. The summed E-state index contributed by atoms with van der Waals surface area (Å²) in [6.45, 7) is 1.21. The fourth-order valence-electron chi connectivity index (χ4n) is 3.08. The highest BCUT2D eigenvalue weighted by atomic mass is 35.5. The summed E-state index contributed by atoms with van der Waals surface area (Å²) < 4.78 is 37.9. The molecule has 0 aliphatic carbocycles. The predicted molar refractivity (Wildman–Crippen MR) is 105 cm³/mol. The van der Waals surface area contributed by atoms with Crippen molar-refractivity contribution >= 4 is 34.9 Å². The van der Waals surface area contributed by atoms with Gasteiger partial charge in [-0.1, -0.05) is 23.7 Å². The highest BCUT2D eigenvalue weighted by Gasteiger charge is 2.46. The second-order valence-electron chi connectivity index (χ2n) is 7.04. The quantitative estimate of drug-likeness (QED) is 0.734. The molecule has 2 aromatic carbocycles. The second kappa shape index (κ2) is 7.98. The Morgan fingerprint density at radius 3 is 2.30 bits per heavy atom. The van der Waals surface area contributed by atoms with Crippen molar-refractivity contribution in [2.24, 2.45) is 10.5 Å². The predicted octanol–water partition coefficient (Wildman–Crippen LogP) is 4.11. The number of nitrogens with one attached hydrogen (secondary N) is 1. The van der Waals surface area contributed by atoms with Gasteiger partial charge in [0.05, 0.1) is 17.8 Å². The highest BCUT2D eigenvalue weighted by molar-refractivity contribution is 6.30. The van der Waals surface area contributed by atoms with Gasteiger partial charge in [-0.15, -0.1) is 0 Å². The molecule has 0 spiro atoms. The van der Waals surface area contributed by atoms with Gasteiger partial charge in [0.1, 0.15) is 12.0 Å². The number of carbonyl (C=O) groups excluding carboxylic acids is 1. The van der Waals surface area contributed by atoms with E-state index in [4.69, 9.17) is 11.6 Å². The zero-order valence-corrected chi connectivity index (χ0v) is 16.5. The molecule has 0 aromatic heterocycles. The van der Waals surface area contributed by atoms with Crippen molar-refractivity contribution in [2.75, 3.05) is 18.4 Å². The number of halogens is 4. The number of alkyl halides is 3. The number of carboxylic acid groups (broad SMARTS) is 1. The van der Waals surface area contributed by atoms with E-state index in [-0.39, 0.29) is 24.5 Å². The van der Waals surface area contributed by atoms with Crippen LogP contribution < -0.4 is 5.32 Å². The molecule has 1 aliphatic rings. The molecule has 1 heterocycles. The SMILES string of the molecule is CC1(C(=O)O)CN(CC(=O)Nc2ccc(C(F)(F)F)cc2)N=C1c1ccc(Cl)cc1. The Hall–Kier alpha value is -3.07. The minimum Gasteiger partial charge on any atom is -0.480 e. The van der Waals surface area contributed by atoms with Crippen molar-refractivity contribution in [3.8, 4) is 0 Å². The Labute approximate surface area is 174 Å². The van der Waals surface area contributed by atoms with Crippen LogP contribution in [-0.4, -0.2) is 40.8 Å². The lowest BCUT2D eigenvalue weighted by Crippen LogP contribution is -2.40. The number of hydrogen-bond donors (Lipinski definition) is 2. The topological polar surface area (TPSA) is 82.0 Å². The van der Waals surface area contributed by atoms with E-state index >= 15 is 0 Å². The summed E-state index contributed by atoms with van der Waals surface area (Å²) in [6.07, 6.45) is -4.47. The first-order valence-electron chi connectivity index (χ1n) is 8.79. The molecule has 0 bridgehead atoms. The summed E-state index contributed by atoms with van der Waals surface area (Å²) in [5.74, 6) is -1.63. The number of nitrogens with zero attached hydrogens (tertiary/aromatic N) is 2. The van der Waals surface area contributed by atoms with Crippen LogP contribution in [0.3, 0.4) is 0 Å². The van der Waals surface area contributed by atoms with Crippen LogP contribution in [0.5, 0.6) is 0 Å². The number of carboxylic acids is 1. The highest BCUT2D eigenvalue weighted by Crippen LogP contribution is 2.32. The minimum atomic E-state index is -4.47. The first-order valence-corrected chi connectivity index (χ1v) is 9.17. The van der Waals surface area contributed by atoms with Crippen LogP contribution in [0.4, 0.5) is 18.9 Å². The number of amides is 1. The average molecular weight is 440 g/mol. The molecule has 6 nitrogen and oxygen atoms in total. The van der Waals surface area contributed by atoms with Gasteiger partial charge in [0.2, 0.25) is 5.91 Å². The van der Waals surface area contributed by atoms with Crippen molar-refractivity contribution in [3.05, 3.63) is 64.7 Å². The fraction of sp³-hybridized carbons (Fsp3) is 0.250. The molecule has 0 fully saturated rings. The van der Waals surface area contributed by atoms with Crippen molar-refractivity contribution in [1.82, 2.24) is 5.01 Å². The van der Waals surface area contributed by atoms with E-state index in [0.29, 0.717) is 10.6 Å². The van der Waals surface area contributed by atoms with Crippen LogP contribution in [0.15, 0.2) is 53.6 Å². The molecule has 3 rings (SSSR count). The van der Waals surface area contributed by atoms with Gasteiger partial charge >= 0.3 is 12.1 Å². The van der Waals surface area contributed by atoms with E-state index in [1.165, 1.54) is 11.9 Å². The van der Waals surface area contributed by atoms with E-state index in [1.807, 2.05) is 0 Å². The summed E-state index contributed by atoms with van der Waals surface area (Å²) in [4.78, 5) is 24.2. The van der Waals surface area contributed by atoms with Crippen LogP contribution in [0, 0.1) is 5.41 Å². The van der Waals surface area contributed by atoms with Crippen LogP contribution in [-0.2, 0) is 15.8 Å². The largest absolute Gasteiger partial charge is 0.480 e. The molecular weight excluding hydrogens is 423 g/mol. The monoisotopic (exact) mass is 439 g/mol. The van der Waals surface area contributed by atoms with E-state index < -0.39 is 29.0 Å². The number of hydrazone groups is 1. The molecule has 0 saturated carbocycles. The molecule has 0 radical (unpaired) electrons. The Bertz CT molecular complexity index is 991. The van der Waals surface area contributed by atoms with E-state index in [0.717, 1.165) is 24.3 Å². The Kier molecular flexibility index (Phi) is 5.76. The molecule has 2 aromatic rings. The minimum absolute atomic E-state index is 0.0409. The molecule has 158 valence electrons. The zero-order chi connectivity index (χ0) is 22.1. The molecule has 0 saturated heterocycles. The summed E-state index contributed by atoms with van der Waals surface area (Å²) in [5, 5.41) is 18.3. The molecule has 1 aliphatic heterocycles. The standard InChI is InChI=1S/C20H17ClF3N3O3/c1-19(18(29)30)11-27(26-17(19)12-2-6-14(21)7-3-12)10-16(28)25-15-8-4-13(5-9-15)20(22,23)24/h2-9H,10-11H2,1H3,(H,25,28)(H,29,30). The van der Waals surface area contributed by atoms with Gasteiger partial charge in [-0.2, -0.15) is 18.3 Å². The number of rotatable bonds is 5. The van der Waals surface area contributed by atoms with Crippen molar-refractivity contribution in [1.29, 1.82) is 0 Å². The molecular formula is C20H17ClF3N3O3. The number of anilines is 1. The van der Waals surface area contributed by atoms with Crippen molar-refractivity contribution < 1.29 is 27.9 Å². The van der Waals surface area contributed by atoms with Gasteiger partial charge in [-0.05, 0) is 48.9 Å². The smallest absolute Gasteiger partial charge is 0.416 e. The lowest BCUT2D eigenvalue weighted by molar-refractivity contribution is -0.144. The summed E-state index contributed by atoms with van der Waals surface area (Å²) in [7, 11) is 0. The lowest BCUT2D eigenvalue weighted by atomic mass is 9.82. The van der Waals surface area contributed by atoms with E-state index in [1.54, 1.807) is 24.3 Å². The van der Waals surface area contributed by atoms with Crippen LogP contribution >= 0.6 is 11.6 Å². The van der Waals surface area contributed by atoms with Gasteiger partial charge < -0.3 is 10.4 Å². The zero-order valence-electron chi connectivity index (χ0n) is 15.7. The van der Waals surface area contributed by atoms with Crippen LogP contribution in [0.2, 0.25) is 5.02 Å². The van der Waals surface area contributed by atoms with Crippen LogP contribution in [0.1, 0.15) is 18.1 Å². The molecule has 1 amide bonds. The first-order chi connectivity index (χ1) is 14.0. The molecule has 1 unspecified atom stereocenters. The maximum Gasteiger partial charge on any atom is 0.416 e. The number of carbonyl (C=O) groups is 2. The van der Waals surface area contributed by atoms with E-state index in [2.05, 4.69) is 10.4 Å².